The first kappa shape index (κ1) is 11.0. The number of nitrogens with zero attached hydrogens (tertiary/aromatic N) is 1. The van der Waals surface area contributed by atoms with Crippen LogP contribution in [0.5, 0.6) is 0 Å². The van der Waals surface area contributed by atoms with E-state index in [4.69, 9.17) is 0 Å². The molecular weight excluding hydrogens is 230 g/mol. The van der Waals surface area contributed by atoms with Gasteiger partial charge in [0.25, 0.3) is 0 Å². The van der Waals surface area contributed by atoms with E-state index in [1.54, 1.807) is 0 Å². The highest BCUT2D eigenvalue weighted by Gasteiger charge is 2.24. The number of carbonyl (C=O) groups excluding carboxylic acids is 1. The van der Waals surface area contributed by atoms with Gasteiger partial charge < -0.3 is 4.90 Å². The molecule has 0 aromatic carbocycles. The van der Waals surface area contributed by atoms with Crippen molar-refractivity contribution in [2.75, 3.05) is 13.1 Å². The molecule has 0 bridgehead atoms. The van der Waals surface area contributed by atoms with Gasteiger partial charge in [-0.1, -0.05) is 29.8 Å². The number of piperidine rings is 1. The van der Waals surface area contributed by atoms with Crippen molar-refractivity contribution in [1.29, 1.82) is 0 Å². The minimum Gasteiger partial charge on any atom is -0.341 e. The molecule has 0 aromatic heterocycles. The number of hydrogen-bond acceptors (Lipinski definition) is 1. The molecule has 2 unspecified atom stereocenters. The molecule has 0 saturated carbocycles. The van der Waals surface area contributed by atoms with E-state index in [2.05, 4.69) is 22.9 Å². The van der Waals surface area contributed by atoms with Gasteiger partial charge in [0.15, 0.2) is 0 Å². The second-order valence-electron chi connectivity index (χ2n) is 3.83. The summed E-state index contributed by atoms with van der Waals surface area (Å²) in [6.45, 7) is 5.92. The second-order valence-corrected chi connectivity index (χ2v) is 5.13. The lowest BCUT2D eigenvalue weighted by atomic mass is 10.0. The van der Waals surface area contributed by atoms with Crippen LogP contribution in [0.4, 0.5) is 0 Å². The van der Waals surface area contributed by atoms with Crippen molar-refractivity contribution < 1.29 is 4.79 Å². The van der Waals surface area contributed by atoms with Crippen molar-refractivity contribution in [2.45, 2.75) is 37.9 Å². The van der Waals surface area contributed by atoms with Crippen LogP contribution < -0.4 is 0 Å². The molecule has 1 rings (SSSR count). The van der Waals surface area contributed by atoms with Crippen LogP contribution in [0.1, 0.15) is 33.1 Å². The van der Waals surface area contributed by atoms with E-state index in [-0.39, 0.29) is 5.92 Å². The number of hydrogen-bond donors (Lipinski definition) is 0. The van der Waals surface area contributed by atoms with Gasteiger partial charge in [-0.3, -0.25) is 4.79 Å². The molecule has 2 nitrogen and oxygen atoms in total. The molecule has 1 aliphatic heterocycles. The Morgan fingerprint density at radius 3 is 2.92 bits per heavy atom. The van der Waals surface area contributed by atoms with Crippen molar-refractivity contribution >= 4 is 21.8 Å². The number of rotatable bonds is 2. The van der Waals surface area contributed by atoms with E-state index in [1.165, 1.54) is 6.42 Å². The normalized spacial score (nSPS) is 25.8. The van der Waals surface area contributed by atoms with Crippen LogP contribution in [0.25, 0.3) is 0 Å². The summed E-state index contributed by atoms with van der Waals surface area (Å²) in [6.07, 6.45) is 3.28. The number of alkyl halides is 1. The zero-order chi connectivity index (χ0) is 9.84. The molecule has 1 fully saturated rings. The third kappa shape index (κ3) is 2.97. The van der Waals surface area contributed by atoms with Crippen LogP contribution in [0.15, 0.2) is 0 Å². The molecule has 76 valence electrons. The lowest BCUT2D eigenvalue weighted by Gasteiger charge is -2.31. The summed E-state index contributed by atoms with van der Waals surface area (Å²) < 4.78 is 0. The molecule has 0 spiro atoms. The van der Waals surface area contributed by atoms with E-state index in [9.17, 15) is 4.79 Å². The van der Waals surface area contributed by atoms with Gasteiger partial charge in [-0.05, 0) is 19.3 Å². The van der Waals surface area contributed by atoms with Gasteiger partial charge in [-0.25, -0.2) is 0 Å². The van der Waals surface area contributed by atoms with Crippen LogP contribution in [0.3, 0.4) is 0 Å². The van der Waals surface area contributed by atoms with Crippen molar-refractivity contribution in [3.05, 3.63) is 0 Å². The fourth-order valence-corrected chi connectivity index (χ4v) is 2.29. The summed E-state index contributed by atoms with van der Waals surface area (Å²) in [4.78, 5) is 14.3. The van der Waals surface area contributed by atoms with E-state index < -0.39 is 0 Å². The molecule has 1 saturated heterocycles. The Balaban J connectivity index is 2.46. The summed E-state index contributed by atoms with van der Waals surface area (Å²) in [7, 11) is 0. The number of halogens is 1. The summed E-state index contributed by atoms with van der Waals surface area (Å²) >= 11 is 3.57. The van der Waals surface area contributed by atoms with Gasteiger partial charge in [0.2, 0.25) is 5.91 Å². The third-order valence-corrected chi connectivity index (χ3v) is 3.46. The van der Waals surface area contributed by atoms with Gasteiger partial charge in [0.1, 0.15) is 0 Å². The first-order valence-electron chi connectivity index (χ1n) is 5.08. The predicted octanol–water partition coefficient (Wildman–Crippen LogP) is 2.42. The van der Waals surface area contributed by atoms with Gasteiger partial charge in [0, 0.05) is 23.8 Å². The number of amides is 1. The van der Waals surface area contributed by atoms with Crippen LogP contribution in [-0.4, -0.2) is 28.7 Å². The monoisotopic (exact) mass is 247 g/mol. The minimum atomic E-state index is 0.192. The predicted molar refractivity (Wildman–Crippen MR) is 58.0 cm³/mol. The second kappa shape index (κ2) is 4.99. The largest absolute Gasteiger partial charge is 0.341 e. The maximum Gasteiger partial charge on any atom is 0.225 e. The zero-order valence-electron chi connectivity index (χ0n) is 8.42. The summed E-state index contributed by atoms with van der Waals surface area (Å²) in [6, 6.07) is 0. The van der Waals surface area contributed by atoms with Crippen LogP contribution in [0.2, 0.25) is 0 Å². The Morgan fingerprint density at radius 2 is 2.38 bits per heavy atom. The first-order valence-corrected chi connectivity index (χ1v) is 5.99. The molecule has 1 aliphatic rings. The maximum atomic E-state index is 11.8. The Bertz CT molecular complexity index is 184. The Kier molecular flexibility index (Phi) is 4.23. The molecule has 1 heterocycles. The number of carbonyl (C=O) groups is 1. The topological polar surface area (TPSA) is 20.3 Å². The summed E-state index contributed by atoms with van der Waals surface area (Å²) in [5.41, 5.74) is 0. The maximum absolute atomic E-state index is 11.8. The SMILES string of the molecule is CCC(C)C(=O)N1CCCC(Br)C1. The number of likely N-dealkylation sites (tertiary alicyclic amines) is 1. The average molecular weight is 248 g/mol. The van der Waals surface area contributed by atoms with Crippen LogP contribution in [-0.2, 0) is 4.79 Å². The van der Waals surface area contributed by atoms with Gasteiger partial charge >= 0.3 is 0 Å². The molecule has 0 aliphatic carbocycles. The minimum absolute atomic E-state index is 0.192. The zero-order valence-corrected chi connectivity index (χ0v) is 10.0. The highest BCUT2D eigenvalue weighted by Crippen LogP contribution is 2.19. The molecule has 1 amide bonds. The lowest BCUT2D eigenvalue weighted by molar-refractivity contribution is -0.135. The molecule has 0 radical (unpaired) electrons. The van der Waals surface area contributed by atoms with Crippen molar-refractivity contribution in [3.8, 4) is 0 Å². The van der Waals surface area contributed by atoms with Gasteiger partial charge in [-0.2, -0.15) is 0 Å². The Morgan fingerprint density at radius 1 is 1.69 bits per heavy atom. The standard InChI is InChI=1S/C10H18BrNO/c1-3-8(2)10(13)12-6-4-5-9(11)7-12/h8-9H,3-7H2,1-2H3. The summed E-state index contributed by atoms with van der Waals surface area (Å²) in [5.74, 6) is 0.518. The van der Waals surface area contributed by atoms with Gasteiger partial charge in [-0.15, -0.1) is 0 Å². The third-order valence-electron chi connectivity index (χ3n) is 2.71. The fraction of sp³-hybridized carbons (Fsp3) is 0.900. The molecule has 3 heteroatoms. The smallest absolute Gasteiger partial charge is 0.225 e. The molecule has 13 heavy (non-hydrogen) atoms. The van der Waals surface area contributed by atoms with Crippen molar-refractivity contribution in [1.82, 2.24) is 4.90 Å². The van der Waals surface area contributed by atoms with Crippen LogP contribution >= 0.6 is 15.9 Å². The van der Waals surface area contributed by atoms with Crippen LogP contribution in [0, 0.1) is 5.92 Å². The van der Waals surface area contributed by atoms with Gasteiger partial charge in [0.05, 0.1) is 0 Å². The fourth-order valence-electron chi connectivity index (χ4n) is 1.61. The molecule has 0 N–H and O–H groups in total. The Hall–Kier alpha value is -0.0500. The molecule has 2 atom stereocenters. The highest BCUT2D eigenvalue weighted by molar-refractivity contribution is 9.09. The lowest BCUT2D eigenvalue weighted by Crippen LogP contribution is -2.42. The van der Waals surface area contributed by atoms with E-state index >= 15 is 0 Å². The van der Waals surface area contributed by atoms with E-state index in [0.29, 0.717) is 10.7 Å². The van der Waals surface area contributed by atoms with E-state index in [1.807, 2.05) is 11.8 Å². The summed E-state index contributed by atoms with van der Waals surface area (Å²) in [5, 5.41) is 0. The highest BCUT2D eigenvalue weighted by atomic mass is 79.9. The average Bonchev–Trinajstić information content (AvgIpc) is 2.15. The molecule has 0 aromatic rings. The first-order chi connectivity index (χ1) is 6.15. The van der Waals surface area contributed by atoms with E-state index in [0.717, 1.165) is 25.9 Å². The van der Waals surface area contributed by atoms with Crippen molar-refractivity contribution in [2.24, 2.45) is 5.92 Å². The van der Waals surface area contributed by atoms with Crippen molar-refractivity contribution in [3.63, 3.8) is 0 Å². The Labute approximate surface area is 88.8 Å². The molecular formula is C10H18BrNO. The quantitative estimate of drug-likeness (QED) is 0.687.